The molecule has 0 aliphatic carbocycles. The molecule has 0 bridgehead atoms. The molecule has 0 aromatic rings. The molecule has 0 saturated carbocycles. The normalized spacial score (nSPS) is 5.29. The third-order valence-corrected chi connectivity index (χ3v) is 0. The Morgan fingerprint density at radius 3 is 1.86 bits per heavy atom. The highest BCUT2D eigenvalue weighted by Gasteiger charge is 1.61. The molecular weight excluding hydrogens is 98.0 g/mol. The molecule has 0 heterocycles. The summed E-state index contributed by atoms with van der Waals surface area (Å²) in [5.41, 5.74) is 4.47. The molecule has 0 spiro atoms. The van der Waals surface area contributed by atoms with Crippen LogP contribution < -0.4 is 5.73 Å². The van der Waals surface area contributed by atoms with E-state index in [0.29, 0.717) is 0 Å². The van der Waals surface area contributed by atoms with Crippen molar-refractivity contribution in [2.75, 3.05) is 0 Å². The lowest BCUT2D eigenvalue weighted by molar-refractivity contribution is -0.123. The molecule has 42 valence electrons. The topological polar surface area (TPSA) is 80.4 Å². The molecule has 0 aliphatic rings. The molecule has 0 unspecified atom stereocenters. The molecule has 3 N–H and O–H groups in total. The molecule has 0 atom stereocenters. The van der Waals surface area contributed by atoms with E-state index in [2.05, 4.69) is 5.73 Å². The fraction of sp³-hybridized carbons (Fsp3) is 0.333. The van der Waals surface area contributed by atoms with Crippen molar-refractivity contribution in [2.24, 2.45) is 5.73 Å². The van der Waals surface area contributed by atoms with Crippen LogP contribution in [-0.4, -0.2) is 17.5 Å². The van der Waals surface area contributed by atoms with Crippen molar-refractivity contribution in [3.63, 3.8) is 0 Å². The Hall–Kier alpha value is -1.06. The van der Waals surface area contributed by atoms with Gasteiger partial charge in [0, 0.05) is 6.92 Å². The molecule has 4 heteroatoms. The summed E-state index contributed by atoms with van der Waals surface area (Å²) in [6, 6.07) is 0. The van der Waals surface area contributed by atoms with Gasteiger partial charge >= 0.3 is 0 Å². The average molecular weight is 105 g/mol. The minimum absolute atomic E-state index is 0.250. The van der Waals surface area contributed by atoms with Gasteiger partial charge in [0.15, 0.2) is 0 Å². The van der Waals surface area contributed by atoms with Crippen molar-refractivity contribution < 1.29 is 14.7 Å². The highest BCUT2D eigenvalue weighted by atomic mass is 16.3. The molecule has 0 radical (unpaired) electrons. The number of nitrogens with two attached hydrogens (primary N) is 1. The highest BCUT2D eigenvalue weighted by Crippen LogP contribution is 1.33. The summed E-state index contributed by atoms with van der Waals surface area (Å²) in [4.78, 5) is 17.6. The van der Waals surface area contributed by atoms with E-state index in [-0.39, 0.29) is 12.4 Å². The van der Waals surface area contributed by atoms with Crippen LogP contribution in [0.4, 0.5) is 0 Å². The minimum Gasteiger partial charge on any atom is -0.483 e. The Morgan fingerprint density at radius 1 is 1.86 bits per heavy atom. The van der Waals surface area contributed by atoms with Crippen molar-refractivity contribution in [3.8, 4) is 0 Å². The van der Waals surface area contributed by atoms with Crippen molar-refractivity contribution in [1.82, 2.24) is 0 Å². The molecule has 0 aliphatic heterocycles. The summed E-state index contributed by atoms with van der Waals surface area (Å²) in [7, 11) is 0. The number of hydrogen-bond acceptors (Lipinski definition) is 2. The van der Waals surface area contributed by atoms with Gasteiger partial charge in [-0.25, -0.2) is 0 Å². The van der Waals surface area contributed by atoms with Gasteiger partial charge < -0.3 is 10.8 Å². The predicted octanol–water partition coefficient (Wildman–Crippen LogP) is -0.808. The maximum Gasteiger partial charge on any atom is 0.290 e. The molecule has 0 rings (SSSR count). The maximum absolute atomic E-state index is 9.22. The summed E-state index contributed by atoms with van der Waals surface area (Å²) < 4.78 is 0. The zero-order chi connectivity index (χ0) is 6.28. The van der Waals surface area contributed by atoms with E-state index in [0.717, 1.165) is 0 Å². The Balaban J connectivity index is 0. The molecule has 0 fully saturated rings. The second kappa shape index (κ2) is 8.87. The van der Waals surface area contributed by atoms with Crippen LogP contribution in [0.5, 0.6) is 0 Å². The van der Waals surface area contributed by atoms with Gasteiger partial charge in [0.05, 0.1) is 0 Å². The monoisotopic (exact) mass is 105 g/mol. The van der Waals surface area contributed by atoms with Crippen molar-refractivity contribution in [2.45, 2.75) is 6.92 Å². The van der Waals surface area contributed by atoms with Crippen molar-refractivity contribution in [3.05, 3.63) is 0 Å². The van der Waals surface area contributed by atoms with E-state index >= 15 is 0 Å². The van der Waals surface area contributed by atoms with Crippen LogP contribution in [0.15, 0.2) is 0 Å². The van der Waals surface area contributed by atoms with Gasteiger partial charge in [0.2, 0.25) is 5.91 Å². The summed E-state index contributed by atoms with van der Waals surface area (Å²) in [6.45, 7) is 1.06. The summed E-state index contributed by atoms with van der Waals surface area (Å²) in [6.07, 6.45) is 0. The smallest absolute Gasteiger partial charge is 0.290 e. The fourth-order valence-corrected chi connectivity index (χ4v) is 0. The van der Waals surface area contributed by atoms with Crippen LogP contribution in [0.3, 0.4) is 0 Å². The molecule has 0 aromatic carbocycles. The first-order valence-electron chi connectivity index (χ1n) is 1.49. The Bertz CT molecular complexity index is 57.2. The lowest BCUT2D eigenvalue weighted by Gasteiger charge is -1.60. The second-order valence-corrected chi connectivity index (χ2v) is 0.716. The van der Waals surface area contributed by atoms with Gasteiger partial charge in [0.1, 0.15) is 0 Å². The van der Waals surface area contributed by atoms with E-state index in [1.807, 2.05) is 0 Å². The van der Waals surface area contributed by atoms with E-state index in [1.165, 1.54) is 6.92 Å². The predicted molar refractivity (Wildman–Crippen MR) is 23.6 cm³/mol. The highest BCUT2D eigenvalue weighted by molar-refractivity contribution is 5.70. The van der Waals surface area contributed by atoms with Crippen LogP contribution >= 0.6 is 0 Å². The van der Waals surface area contributed by atoms with Gasteiger partial charge in [0.25, 0.3) is 6.47 Å². The molecule has 4 nitrogen and oxygen atoms in total. The number of carbonyl (C=O) groups is 2. The summed E-state index contributed by atoms with van der Waals surface area (Å²) in [5.74, 6) is -0.333. The lowest BCUT2D eigenvalue weighted by atomic mass is 10.8. The van der Waals surface area contributed by atoms with Gasteiger partial charge in [-0.1, -0.05) is 0 Å². The van der Waals surface area contributed by atoms with Gasteiger partial charge in [-0.15, -0.1) is 0 Å². The Labute approximate surface area is 40.9 Å². The van der Waals surface area contributed by atoms with Crippen LogP contribution in [-0.2, 0) is 9.59 Å². The molecular formula is C3H7NO3. The summed E-state index contributed by atoms with van der Waals surface area (Å²) >= 11 is 0. The number of primary amides is 1. The first kappa shape index (κ1) is 9.34. The first-order chi connectivity index (χ1) is 3.15. The Kier molecular flexibility index (Phi) is 11.8. The molecule has 1 amide bonds. The third-order valence-electron chi connectivity index (χ3n) is 0. The zero-order valence-corrected chi connectivity index (χ0v) is 3.92. The third kappa shape index (κ3) is 38.0. The van der Waals surface area contributed by atoms with E-state index in [9.17, 15) is 4.79 Å². The quantitative estimate of drug-likeness (QED) is 0.395. The first-order valence-corrected chi connectivity index (χ1v) is 1.49. The molecule has 0 aromatic heterocycles. The van der Waals surface area contributed by atoms with Crippen LogP contribution in [0.1, 0.15) is 6.92 Å². The van der Waals surface area contributed by atoms with Crippen LogP contribution in [0.25, 0.3) is 0 Å². The largest absolute Gasteiger partial charge is 0.483 e. The van der Waals surface area contributed by atoms with E-state index in [1.54, 1.807) is 0 Å². The number of hydrogen-bond donors (Lipinski definition) is 2. The zero-order valence-electron chi connectivity index (χ0n) is 3.92. The second-order valence-electron chi connectivity index (χ2n) is 0.716. The van der Waals surface area contributed by atoms with Gasteiger partial charge in [-0.3, -0.25) is 9.59 Å². The van der Waals surface area contributed by atoms with Crippen LogP contribution in [0, 0.1) is 0 Å². The Morgan fingerprint density at radius 2 is 1.86 bits per heavy atom. The van der Waals surface area contributed by atoms with Gasteiger partial charge in [-0.05, 0) is 0 Å². The SMILES string of the molecule is CC(N)=O.O=CO. The molecule has 7 heavy (non-hydrogen) atoms. The lowest BCUT2D eigenvalue weighted by Crippen LogP contribution is -2.01. The van der Waals surface area contributed by atoms with Crippen molar-refractivity contribution >= 4 is 12.4 Å². The number of carboxylic acid groups (broad SMARTS) is 1. The fourth-order valence-electron chi connectivity index (χ4n) is 0. The summed E-state index contributed by atoms with van der Waals surface area (Å²) in [5, 5.41) is 6.89. The molecule has 0 saturated heterocycles. The van der Waals surface area contributed by atoms with E-state index < -0.39 is 0 Å². The van der Waals surface area contributed by atoms with Crippen LogP contribution in [0.2, 0.25) is 0 Å². The minimum atomic E-state index is -0.333. The van der Waals surface area contributed by atoms with E-state index in [4.69, 9.17) is 9.90 Å². The van der Waals surface area contributed by atoms with Gasteiger partial charge in [-0.2, -0.15) is 0 Å². The van der Waals surface area contributed by atoms with Crippen molar-refractivity contribution in [1.29, 1.82) is 0 Å². The number of carbonyl (C=O) groups excluding carboxylic acids is 1. The average Bonchev–Trinajstić information content (AvgIpc) is 1.33. The number of rotatable bonds is 0. The number of amides is 1. The standard InChI is InChI=1S/C2H5NO.CH2O2/c1-2(3)4;2-1-3/h1H3,(H2,3,4);1H,(H,2,3). The maximum atomic E-state index is 9.22.